The van der Waals surface area contributed by atoms with Crippen LogP contribution in [0.25, 0.3) is 0 Å². The molecule has 0 aliphatic rings. The number of hydrogen-bond acceptors (Lipinski definition) is 4. The molecule has 0 saturated carbocycles. The van der Waals surface area contributed by atoms with Crippen LogP contribution in [-0.4, -0.2) is 34.3 Å². The van der Waals surface area contributed by atoms with Gasteiger partial charge in [0, 0.05) is 12.7 Å². The monoisotopic (exact) mass is 319 g/mol. The van der Waals surface area contributed by atoms with Gasteiger partial charge in [0.05, 0.1) is 26.9 Å². The fourth-order valence-electron chi connectivity index (χ4n) is 2.23. The van der Waals surface area contributed by atoms with Crippen molar-refractivity contribution in [2.45, 2.75) is 0 Å². The van der Waals surface area contributed by atoms with E-state index in [0.29, 0.717) is 22.7 Å². The van der Waals surface area contributed by atoms with Gasteiger partial charge in [0.2, 0.25) is 5.75 Å². The summed E-state index contributed by atoms with van der Waals surface area (Å²) in [5.74, 6) is 0.414. The maximum absolute atomic E-state index is 13.0. The zero-order valence-corrected chi connectivity index (χ0v) is 13.4. The molecule has 2 aromatic carbocycles. The van der Waals surface area contributed by atoms with Crippen LogP contribution >= 0.6 is 0 Å². The molecule has 0 radical (unpaired) electrons. The van der Waals surface area contributed by atoms with E-state index in [1.165, 1.54) is 50.5 Å². The van der Waals surface area contributed by atoms with Crippen molar-refractivity contribution in [1.82, 2.24) is 0 Å². The highest BCUT2D eigenvalue weighted by Crippen LogP contribution is 2.40. The Morgan fingerprint density at radius 3 is 2.04 bits per heavy atom. The van der Waals surface area contributed by atoms with Crippen molar-refractivity contribution in [3.63, 3.8) is 0 Å². The quantitative estimate of drug-likeness (QED) is 0.849. The molecule has 0 aliphatic heterocycles. The Morgan fingerprint density at radius 2 is 1.52 bits per heavy atom. The molecule has 0 atom stereocenters. The predicted octanol–water partition coefficient (Wildman–Crippen LogP) is 3.13. The van der Waals surface area contributed by atoms with Crippen LogP contribution in [0.4, 0.5) is 10.1 Å². The lowest BCUT2D eigenvalue weighted by Crippen LogP contribution is -2.26. The van der Waals surface area contributed by atoms with Gasteiger partial charge in [-0.05, 0) is 36.4 Å². The second kappa shape index (κ2) is 7.00. The average Bonchev–Trinajstić information content (AvgIpc) is 2.59. The van der Waals surface area contributed by atoms with Crippen molar-refractivity contribution in [2.75, 3.05) is 33.3 Å². The second-order valence-corrected chi connectivity index (χ2v) is 4.72. The van der Waals surface area contributed by atoms with Gasteiger partial charge < -0.3 is 19.1 Å². The molecule has 0 bridgehead atoms. The number of methoxy groups -OCH3 is 3. The van der Waals surface area contributed by atoms with Crippen molar-refractivity contribution < 1.29 is 23.4 Å². The third kappa shape index (κ3) is 3.21. The molecule has 122 valence electrons. The van der Waals surface area contributed by atoms with E-state index in [4.69, 9.17) is 14.2 Å². The lowest BCUT2D eigenvalue weighted by atomic mass is 10.1. The Morgan fingerprint density at radius 1 is 0.913 bits per heavy atom. The van der Waals surface area contributed by atoms with E-state index in [-0.39, 0.29) is 17.5 Å². The first-order chi connectivity index (χ1) is 11.0. The van der Waals surface area contributed by atoms with E-state index in [9.17, 15) is 9.18 Å². The van der Waals surface area contributed by atoms with Gasteiger partial charge in [0.25, 0.3) is 5.91 Å². The number of rotatable bonds is 5. The minimum absolute atomic E-state index is 0.283. The summed E-state index contributed by atoms with van der Waals surface area (Å²) in [4.78, 5) is 14.1. The standard InChI is InChI=1S/C17H18FNO4/c1-19(12-7-5-11(18)6-8-12)17(20)13-9-10-14(21-2)16(23-4)15(13)22-3/h5-10H,1-4H3. The van der Waals surface area contributed by atoms with Crippen LogP contribution in [0.15, 0.2) is 36.4 Å². The normalized spacial score (nSPS) is 10.1. The number of carbonyl (C=O) groups excluding carboxylic acids is 1. The van der Waals surface area contributed by atoms with Gasteiger partial charge in [0.15, 0.2) is 11.5 Å². The van der Waals surface area contributed by atoms with Gasteiger partial charge in [-0.25, -0.2) is 4.39 Å². The maximum Gasteiger partial charge on any atom is 0.261 e. The minimum atomic E-state index is -0.363. The third-order valence-corrected chi connectivity index (χ3v) is 3.45. The predicted molar refractivity (Wildman–Crippen MR) is 85.2 cm³/mol. The Labute approximate surface area is 134 Å². The fraction of sp³-hybridized carbons (Fsp3) is 0.235. The van der Waals surface area contributed by atoms with Crippen molar-refractivity contribution >= 4 is 11.6 Å². The molecule has 0 aromatic heterocycles. The van der Waals surface area contributed by atoms with E-state index in [1.54, 1.807) is 19.2 Å². The van der Waals surface area contributed by atoms with Crippen LogP contribution in [0.2, 0.25) is 0 Å². The first kappa shape index (κ1) is 16.6. The molecule has 0 fully saturated rings. The van der Waals surface area contributed by atoms with E-state index in [1.807, 2.05) is 0 Å². The van der Waals surface area contributed by atoms with Gasteiger partial charge >= 0.3 is 0 Å². The summed E-state index contributed by atoms with van der Waals surface area (Å²) < 4.78 is 28.8. The summed E-state index contributed by atoms with van der Waals surface area (Å²) in [5.41, 5.74) is 0.880. The van der Waals surface area contributed by atoms with Gasteiger partial charge in [-0.1, -0.05) is 0 Å². The maximum atomic E-state index is 13.0. The summed E-state index contributed by atoms with van der Waals surface area (Å²) in [7, 11) is 6.03. The topological polar surface area (TPSA) is 48.0 Å². The molecule has 0 unspecified atom stereocenters. The van der Waals surface area contributed by atoms with Crippen LogP contribution < -0.4 is 19.1 Å². The number of halogens is 1. The lowest BCUT2D eigenvalue weighted by Gasteiger charge is -2.20. The van der Waals surface area contributed by atoms with Gasteiger partial charge in [-0.3, -0.25) is 4.79 Å². The van der Waals surface area contributed by atoms with Crippen LogP contribution in [0, 0.1) is 5.82 Å². The molecule has 0 saturated heterocycles. The molecular weight excluding hydrogens is 301 g/mol. The van der Waals surface area contributed by atoms with Crippen LogP contribution in [0.3, 0.4) is 0 Å². The van der Waals surface area contributed by atoms with Crippen molar-refractivity contribution in [2.24, 2.45) is 0 Å². The van der Waals surface area contributed by atoms with Gasteiger partial charge in [-0.2, -0.15) is 0 Å². The van der Waals surface area contributed by atoms with Gasteiger partial charge in [-0.15, -0.1) is 0 Å². The number of benzene rings is 2. The van der Waals surface area contributed by atoms with Gasteiger partial charge in [0.1, 0.15) is 5.82 Å². The molecule has 5 nitrogen and oxygen atoms in total. The number of nitrogens with zero attached hydrogens (tertiary/aromatic N) is 1. The first-order valence-corrected chi connectivity index (χ1v) is 6.86. The zero-order chi connectivity index (χ0) is 17.0. The Hall–Kier alpha value is -2.76. The summed E-state index contributed by atoms with van der Waals surface area (Å²) >= 11 is 0. The highest BCUT2D eigenvalue weighted by molar-refractivity contribution is 6.08. The molecule has 2 rings (SSSR count). The summed E-state index contributed by atoms with van der Waals surface area (Å²) in [6, 6.07) is 8.88. The Balaban J connectivity index is 2.44. The lowest BCUT2D eigenvalue weighted by molar-refractivity contribution is 0.0989. The molecule has 1 amide bonds. The van der Waals surface area contributed by atoms with Crippen molar-refractivity contribution in [1.29, 1.82) is 0 Å². The third-order valence-electron chi connectivity index (χ3n) is 3.45. The largest absolute Gasteiger partial charge is 0.493 e. The van der Waals surface area contributed by atoms with Crippen LogP contribution in [-0.2, 0) is 0 Å². The number of amides is 1. The smallest absolute Gasteiger partial charge is 0.261 e. The molecule has 0 spiro atoms. The molecule has 0 N–H and O–H groups in total. The summed E-state index contributed by atoms with van der Waals surface area (Å²) in [6.45, 7) is 0. The molecule has 6 heteroatoms. The Bertz CT molecular complexity index is 700. The number of ether oxygens (including phenoxy) is 3. The second-order valence-electron chi connectivity index (χ2n) is 4.72. The van der Waals surface area contributed by atoms with Crippen LogP contribution in [0.1, 0.15) is 10.4 Å². The van der Waals surface area contributed by atoms with Crippen molar-refractivity contribution in [3.05, 3.63) is 47.8 Å². The van der Waals surface area contributed by atoms with E-state index < -0.39 is 0 Å². The molecule has 23 heavy (non-hydrogen) atoms. The SMILES string of the molecule is COc1ccc(C(=O)N(C)c2ccc(F)cc2)c(OC)c1OC. The number of hydrogen-bond donors (Lipinski definition) is 0. The summed E-state index contributed by atoms with van der Waals surface area (Å²) in [5, 5.41) is 0. The first-order valence-electron chi connectivity index (χ1n) is 6.86. The molecule has 0 heterocycles. The number of anilines is 1. The van der Waals surface area contributed by atoms with Crippen molar-refractivity contribution in [3.8, 4) is 17.2 Å². The highest BCUT2D eigenvalue weighted by atomic mass is 19.1. The Kier molecular flexibility index (Phi) is 5.05. The highest BCUT2D eigenvalue weighted by Gasteiger charge is 2.23. The van der Waals surface area contributed by atoms with Crippen LogP contribution in [0.5, 0.6) is 17.2 Å². The minimum Gasteiger partial charge on any atom is -0.493 e. The molecule has 0 aliphatic carbocycles. The summed E-state index contributed by atoms with van der Waals surface area (Å²) in [6.07, 6.45) is 0. The fourth-order valence-corrected chi connectivity index (χ4v) is 2.23. The van der Waals surface area contributed by atoms with E-state index >= 15 is 0 Å². The van der Waals surface area contributed by atoms with E-state index in [0.717, 1.165) is 0 Å². The molecular formula is C17H18FNO4. The number of carbonyl (C=O) groups is 1. The molecule has 2 aromatic rings. The van der Waals surface area contributed by atoms with E-state index in [2.05, 4.69) is 0 Å². The zero-order valence-electron chi connectivity index (χ0n) is 13.4. The average molecular weight is 319 g/mol.